The van der Waals surface area contributed by atoms with Crippen LogP contribution in [0.1, 0.15) is 12.6 Å². The average molecular weight is 259 g/mol. The van der Waals surface area contributed by atoms with Crippen LogP contribution in [0, 0.1) is 0 Å². The molecule has 0 saturated carbocycles. The molecule has 1 aromatic carbocycles. The fourth-order valence-electron chi connectivity index (χ4n) is 1.86. The van der Waals surface area contributed by atoms with Crippen molar-refractivity contribution in [2.75, 3.05) is 13.2 Å². The average Bonchev–Trinajstić information content (AvgIpc) is 2.39. The molecule has 0 spiro atoms. The van der Waals surface area contributed by atoms with E-state index in [1.54, 1.807) is 0 Å². The van der Waals surface area contributed by atoms with Gasteiger partial charge in [-0.25, -0.2) is 4.98 Å². The van der Waals surface area contributed by atoms with E-state index < -0.39 is 0 Å². The Morgan fingerprint density at radius 1 is 1.37 bits per heavy atom. The van der Waals surface area contributed by atoms with Crippen LogP contribution in [-0.4, -0.2) is 23.1 Å². The van der Waals surface area contributed by atoms with Crippen molar-refractivity contribution >= 4 is 0 Å². The topological polar surface area (TPSA) is 81.0 Å². The zero-order chi connectivity index (χ0) is 13.7. The van der Waals surface area contributed by atoms with E-state index in [-0.39, 0.29) is 5.56 Å². The maximum absolute atomic E-state index is 11.7. The second-order valence-corrected chi connectivity index (χ2v) is 4.05. The van der Waals surface area contributed by atoms with Crippen LogP contribution in [0.15, 0.2) is 35.1 Å². The van der Waals surface area contributed by atoms with E-state index in [2.05, 4.69) is 9.97 Å². The highest BCUT2D eigenvalue weighted by Crippen LogP contribution is 2.26. The van der Waals surface area contributed by atoms with Crippen molar-refractivity contribution in [3.05, 3.63) is 46.4 Å². The van der Waals surface area contributed by atoms with Gasteiger partial charge in [-0.15, -0.1) is 0 Å². The molecule has 2 aromatic rings. The number of H-pyrrole nitrogens is 1. The first kappa shape index (κ1) is 13.3. The fourth-order valence-corrected chi connectivity index (χ4v) is 1.86. The molecule has 0 atom stereocenters. The number of nitrogens with two attached hydrogens (primary N) is 1. The predicted molar refractivity (Wildman–Crippen MR) is 74.2 cm³/mol. The molecular weight excluding hydrogens is 242 g/mol. The first-order valence-electron chi connectivity index (χ1n) is 6.27. The number of nitrogens with one attached hydrogen (secondary N) is 1. The Morgan fingerprint density at radius 2 is 2.16 bits per heavy atom. The van der Waals surface area contributed by atoms with Crippen LogP contribution in [-0.2, 0) is 6.42 Å². The summed E-state index contributed by atoms with van der Waals surface area (Å²) in [5, 5.41) is 0. The minimum absolute atomic E-state index is 0.181. The van der Waals surface area contributed by atoms with Crippen molar-refractivity contribution in [3.8, 4) is 17.1 Å². The standard InChI is InChI=1S/C14H17N3O2/c1-2-19-12-6-4-3-5-11(12)14-16-10(7-8-15)9-13(18)17-14/h3-6,9H,2,7-8,15H2,1H3,(H,16,17,18). The second kappa shape index (κ2) is 6.15. The lowest BCUT2D eigenvalue weighted by Gasteiger charge is -2.09. The van der Waals surface area contributed by atoms with Crippen LogP contribution in [0.4, 0.5) is 0 Å². The summed E-state index contributed by atoms with van der Waals surface area (Å²) in [6, 6.07) is 8.97. The largest absolute Gasteiger partial charge is 0.493 e. The van der Waals surface area contributed by atoms with Gasteiger partial charge >= 0.3 is 0 Å². The molecule has 0 amide bonds. The number of nitrogens with zero attached hydrogens (tertiary/aromatic N) is 1. The second-order valence-electron chi connectivity index (χ2n) is 4.05. The fraction of sp³-hybridized carbons (Fsp3) is 0.286. The maximum Gasteiger partial charge on any atom is 0.251 e. The summed E-state index contributed by atoms with van der Waals surface area (Å²) in [6.07, 6.45) is 0.577. The third-order valence-corrected chi connectivity index (χ3v) is 2.64. The van der Waals surface area contributed by atoms with Gasteiger partial charge in [-0.2, -0.15) is 0 Å². The Labute approximate surface area is 111 Å². The smallest absolute Gasteiger partial charge is 0.251 e. The molecule has 1 heterocycles. The van der Waals surface area contributed by atoms with Crippen molar-refractivity contribution in [1.29, 1.82) is 0 Å². The number of hydrogen-bond acceptors (Lipinski definition) is 4. The van der Waals surface area contributed by atoms with Crippen molar-refractivity contribution in [1.82, 2.24) is 9.97 Å². The highest BCUT2D eigenvalue weighted by molar-refractivity contribution is 5.63. The van der Waals surface area contributed by atoms with Crippen molar-refractivity contribution in [3.63, 3.8) is 0 Å². The van der Waals surface area contributed by atoms with E-state index >= 15 is 0 Å². The number of para-hydroxylation sites is 1. The van der Waals surface area contributed by atoms with Gasteiger partial charge in [0.2, 0.25) is 0 Å². The van der Waals surface area contributed by atoms with E-state index in [0.29, 0.717) is 36.8 Å². The Bertz CT molecular complexity index is 608. The summed E-state index contributed by atoms with van der Waals surface area (Å²) in [5.74, 6) is 1.22. The van der Waals surface area contributed by atoms with Crippen molar-refractivity contribution in [2.45, 2.75) is 13.3 Å². The normalized spacial score (nSPS) is 10.4. The van der Waals surface area contributed by atoms with Crippen LogP contribution in [0.5, 0.6) is 5.75 Å². The van der Waals surface area contributed by atoms with Gasteiger partial charge in [0.25, 0.3) is 5.56 Å². The maximum atomic E-state index is 11.7. The Hall–Kier alpha value is -2.14. The molecule has 2 rings (SSSR count). The monoisotopic (exact) mass is 259 g/mol. The molecular formula is C14H17N3O2. The summed E-state index contributed by atoms with van der Waals surface area (Å²) >= 11 is 0. The Morgan fingerprint density at radius 3 is 2.89 bits per heavy atom. The third-order valence-electron chi connectivity index (χ3n) is 2.64. The molecule has 0 aliphatic heterocycles. The van der Waals surface area contributed by atoms with Crippen LogP contribution < -0.4 is 16.0 Å². The minimum Gasteiger partial charge on any atom is -0.493 e. The first-order valence-corrected chi connectivity index (χ1v) is 6.27. The molecule has 1 aromatic heterocycles. The summed E-state index contributed by atoms with van der Waals surface area (Å²) in [6.45, 7) is 2.94. The molecule has 0 saturated heterocycles. The van der Waals surface area contributed by atoms with Gasteiger partial charge in [-0.05, 0) is 25.6 Å². The summed E-state index contributed by atoms with van der Waals surface area (Å²) < 4.78 is 5.54. The van der Waals surface area contributed by atoms with E-state index in [1.807, 2.05) is 31.2 Å². The minimum atomic E-state index is -0.181. The number of rotatable bonds is 5. The molecule has 0 radical (unpaired) electrons. The van der Waals surface area contributed by atoms with Crippen LogP contribution in [0.25, 0.3) is 11.4 Å². The zero-order valence-electron chi connectivity index (χ0n) is 10.8. The molecule has 19 heavy (non-hydrogen) atoms. The van der Waals surface area contributed by atoms with Crippen molar-refractivity contribution in [2.24, 2.45) is 5.73 Å². The summed E-state index contributed by atoms with van der Waals surface area (Å²) in [4.78, 5) is 18.8. The van der Waals surface area contributed by atoms with Crippen LogP contribution >= 0.6 is 0 Å². The number of benzene rings is 1. The van der Waals surface area contributed by atoms with Gasteiger partial charge < -0.3 is 15.5 Å². The van der Waals surface area contributed by atoms with Gasteiger partial charge in [0.15, 0.2) is 0 Å². The molecule has 5 nitrogen and oxygen atoms in total. The van der Waals surface area contributed by atoms with Crippen LogP contribution in [0.3, 0.4) is 0 Å². The van der Waals surface area contributed by atoms with E-state index in [0.717, 1.165) is 5.56 Å². The Balaban J connectivity index is 2.49. The molecule has 0 bridgehead atoms. The molecule has 100 valence electrons. The molecule has 0 unspecified atom stereocenters. The quantitative estimate of drug-likeness (QED) is 0.849. The SMILES string of the molecule is CCOc1ccccc1-c1nc(CCN)cc(=O)[nH]1. The highest BCUT2D eigenvalue weighted by atomic mass is 16.5. The number of hydrogen-bond donors (Lipinski definition) is 2. The lowest BCUT2D eigenvalue weighted by molar-refractivity contribution is 0.341. The van der Waals surface area contributed by atoms with Crippen LogP contribution in [0.2, 0.25) is 0 Å². The first-order chi connectivity index (χ1) is 9.24. The van der Waals surface area contributed by atoms with Crippen molar-refractivity contribution < 1.29 is 4.74 Å². The molecule has 3 N–H and O–H groups in total. The van der Waals surface area contributed by atoms with Gasteiger partial charge in [0, 0.05) is 18.2 Å². The van der Waals surface area contributed by atoms with Gasteiger partial charge in [-0.3, -0.25) is 4.79 Å². The summed E-state index contributed by atoms with van der Waals surface area (Å²) in [7, 11) is 0. The number of aromatic amines is 1. The summed E-state index contributed by atoms with van der Waals surface area (Å²) in [5.41, 5.74) is 6.78. The lowest BCUT2D eigenvalue weighted by atomic mass is 10.2. The van der Waals surface area contributed by atoms with Gasteiger partial charge in [0.1, 0.15) is 11.6 Å². The van der Waals surface area contributed by atoms with E-state index in [9.17, 15) is 4.79 Å². The van der Waals surface area contributed by atoms with Gasteiger partial charge in [-0.1, -0.05) is 12.1 Å². The predicted octanol–water partition coefficient (Wildman–Crippen LogP) is 1.34. The zero-order valence-corrected chi connectivity index (χ0v) is 10.8. The molecule has 0 aliphatic carbocycles. The number of aromatic nitrogens is 2. The van der Waals surface area contributed by atoms with Gasteiger partial charge in [0.05, 0.1) is 12.2 Å². The lowest BCUT2D eigenvalue weighted by Crippen LogP contribution is -2.13. The van der Waals surface area contributed by atoms with E-state index in [4.69, 9.17) is 10.5 Å². The Kier molecular flexibility index (Phi) is 4.30. The van der Waals surface area contributed by atoms with E-state index in [1.165, 1.54) is 6.07 Å². The molecule has 0 aliphatic rings. The molecule has 5 heteroatoms. The highest BCUT2D eigenvalue weighted by Gasteiger charge is 2.09. The molecule has 0 fully saturated rings. The third kappa shape index (κ3) is 3.20. The number of ether oxygens (including phenoxy) is 1.